The van der Waals surface area contributed by atoms with E-state index in [0.29, 0.717) is 12.8 Å². The van der Waals surface area contributed by atoms with Crippen LogP contribution in [0.25, 0.3) is 0 Å². The summed E-state index contributed by atoms with van der Waals surface area (Å²) in [7, 11) is 0. The first kappa shape index (κ1) is 22.6. The second-order valence-electron chi connectivity index (χ2n) is 4.21. The Labute approximate surface area is 134 Å². The van der Waals surface area contributed by atoms with Crippen LogP contribution in [0, 0.1) is 0 Å². The number of rotatable bonds is 5. The molecule has 0 radical (unpaired) electrons. The van der Waals surface area contributed by atoms with Crippen LogP contribution in [-0.4, -0.2) is 46.8 Å². The van der Waals surface area contributed by atoms with E-state index >= 15 is 0 Å². The second kappa shape index (κ2) is 14.3. The molecule has 0 aliphatic carbocycles. The van der Waals surface area contributed by atoms with Crippen molar-refractivity contribution in [2.75, 3.05) is 6.61 Å². The molecule has 1 aliphatic rings. The van der Waals surface area contributed by atoms with Gasteiger partial charge in [-0.1, -0.05) is 0 Å². The van der Waals surface area contributed by atoms with E-state index in [0.717, 1.165) is 12.2 Å². The highest BCUT2D eigenvalue weighted by Gasteiger charge is 2.12. The number of aliphatic carboxylic acids is 2. The van der Waals surface area contributed by atoms with Crippen LogP contribution in [0.3, 0.4) is 0 Å². The zero-order valence-electron chi connectivity index (χ0n) is 13.0. The van der Waals surface area contributed by atoms with Crippen molar-refractivity contribution in [2.45, 2.75) is 38.7 Å². The van der Waals surface area contributed by atoms with E-state index in [-0.39, 0.29) is 25.6 Å². The number of ether oxygens (including phenoxy) is 2. The zero-order valence-corrected chi connectivity index (χ0v) is 13.0. The lowest BCUT2D eigenvalue weighted by molar-refractivity contribution is -0.153. The number of cyclic esters (lactones) is 2. The largest absolute Gasteiger partial charge is 0.481 e. The van der Waals surface area contributed by atoms with Crippen molar-refractivity contribution in [1.82, 2.24) is 0 Å². The molecule has 23 heavy (non-hydrogen) atoms. The molecule has 0 aromatic rings. The van der Waals surface area contributed by atoms with Crippen LogP contribution >= 0.6 is 0 Å². The molecule has 0 aromatic heterocycles. The van der Waals surface area contributed by atoms with E-state index in [1.807, 2.05) is 0 Å². The van der Waals surface area contributed by atoms with Crippen LogP contribution in [0.5, 0.6) is 0 Å². The second-order valence-corrected chi connectivity index (χ2v) is 4.21. The Bertz CT molecular complexity index is 411. The lowest BCUT2D eigenvalue weighted by Crippen LogP contribution is -2.23. The van der Waals surface area contributed by atoms with Gasteiger partial charge in [0.25, 0.3) is 0 Å². The maximum atomic E-state index is 10.7. The molecule has 1 unspecified atom stereocenters. The van der Waals surface area contributed by atoms with Crippen molar-refractivity contribution >= 4 is 23.9 Å². The number of hydrogen-bond donors (Lipinski definition) is 2. The fraction of sp³-hybridized carbons (Fsp3) is 0.467. The zero-order chi connectivity index (χ0) is 18.3. The third-order valence-corrected chi connectivity index (χ3v) is 2.16. The molecule has 0 bridgehead atoms. The Morgan fingerprint density at radius 3 is 1.96 bits per heavy atom. The fourth-order valence-corrected chi connectivity index (χ4v) is 1.21. The lowest BCUT2D eigenvalue weighted by Gasteiger charge is -2.13. The number of unbranched alkanes of at least 4 members (excludes halogenated alkanes) is 1. The summed E-state index contributed by atoms with van der Waals surface area (Å²) in [5.41, 5.74) is 0. The summed E-state index contributed by atoms with van der Waals surface area (Å²) in [4.78, 5) is 41.1. The number of carboxylic acids is 2. The molecule has 0 aromatic carbocycles. The molecule has 0 spiro atoms. The molecule has 1 heterocycles. The molecule has 8 nitrogen and oxygen atoms in total. The molecule has 0 saturated carbocycles. The van der Waals surface area contributed by atoms with Gasteiger partial charge in [-0.3, -0.25) is 9.59 Å². The summed E-state index contributed by atoms with van der Waals surface area (Å²) in [5, 5.41) is 16.3. The average Bonchev–Trinajstić information content (AvgIpc) is 2.49. The van der Waals surface area contributed by atoms with Crippen molar-refractivity contribution in [2.24, 2.45) is 0 Å². The average molecular weight is 330 g/mol. The van der Waals surface area contributed by atoms with Gasteiger partial charge in [-0.25, -0.2) is 9.59 Å². The van der Waals surface area contributed by atoms with Gasteiger partial charge in [-0.15, -0.1) is 13.2 Å². The topological polar surface area (TPSA) is 127 Å². The lowest BCUT2D eigenvalue weighted by atomic mass is 10.2. The van der Waals surface area contributed by atoms with Gasteiger partial charge in [0.05, 0.1) is 0 Å². The van der Waals surface area contributed by atoms with Crippen molar-refractivity contribution < 1.29 is 38.9 Å². The monoisotopic (exact) mass is 330 g/mol. The highest BCUT2D eigenvalue weighted by Crippen LogP contribution is 1.99. The maximum absolute atomic E-state index is 10.7. The van der Waals surface area contributed by atoms with E-state index in [1.165, 1.54) is 0 Å². The summed E-state index contributed by atoms with van der Waals surface area (Å²) >= 11 is 0. The van der Waals surface area contributed by atoms with Crippen LogP contribution in [0.4, 0.5) is 0 Å². The minimum Gasteiger partial charge on any atom is -0.481 e. The summed E-state index contributed by atoms with van der Waals surface area (Å²) in [5.74, 6) is -2.75. The summed E-state index contributed by atoms with van der Waals surface area (Å²) in [6, 6.07) is 0. The van der Waals surface area contributed by atoms with E-state index in [2.05, 4.69) is 17.9 Å². The molecular formula is C15H22O8. The van der Waals surface area contributed by atoms with Gasteiger partial charge in [-0.2, -0.15) is 0 Å². The first-order valence-electron chi connectivity index (χ1n) is 6.80. The van der Waals surface area contributed by atoms with E-state index in [4.69, 9.17) is 14.9 Å². The number of carbonyl (C=O) groups excluding carboxylic acids is 2. The van der Waals surface area contributed by atoms with E-state index < -0.39 is 23.9 Å². The number of hydrogen-bond acceptors (Lipinski definition) is 6. The smallest absolute Gasteiger partial charge is 0.331 e. The Hall–Kier alpha value is -2.64. The minimum absolute atomic E-state index is 0.0628. The van der Waals surface area contributed by atoms with Crippen molar-refractivity contribution in [1.29, 1.82) is 0 Å². The van der Waals surface area contributed by atoms with Crippen LogP contribution < -0.4 is 0 Å². The molecule has 0 saturated heterocycles. The molecule has 2 N–H and O–H groups in total. The Kier molecular flexibility index (Phi) is 14.1. The van der Waals surface area contributed by atoms with Gasteiger partial charge in [-0.05, 0) is 19.8 Å². The number of esters is 2. The normalized spacial score (nSPS) is 17.5. The number of carboxylic acid groups (broad SMARTS) is 2. The summed E-state index contributed by atoms with van der Waals surface area (Å²) in [6.45, 7) is 7.78. The highest BCUT2D eigenvalue weighted by atomic mass is 16.6. The standard InChI is InChI=1S/C7H8O4.C6H10O4.C2H4/c1-5-4-10-6(8)2-3-7(9)11-5;7-5(8)3-1-2-4-6(9)10;1-2/h2-3,5H,4H2,1H3;1-4H2,(H,7,8)(H,9,10);1-2H2/b3-2-;;. The molecule has 8 heteroatoms. The van der Waals surface area contributed by atoms with Crippen LogP contribution in [0.1, 0.15) is 32.6 Å². The Balaban J connectivity index is 0. The number of carbonyl (C=O) groups is 4. The van der Waals surface area contributed by atoms with Gasteiger partial charge in [0.1, 0.15) is 12.7 Å². The first-order valence-corrected chi connectivity index (χ1v) is 6.80. The predicted octanol–water partition coefficient (Wildman–Crippen LogP) is 1.55. The molecule has 1 aliphatic heterocycles. The first-order chi connectivity index (χ1) is 10.8. The van der Waals surface area contributed by atoms with Crippen LogP contribution in [-0.2, 0) is 28.7 Å². The molecule has 1 atom stereocenters. The molecule has 1 rings (SSSR count). The highest BCUT2D eigenvalue weighted by molar-refractivity contribution is 5.92. The quantitative estimate of drug-likeness (QED) is 0.441. The summed E-state index contributed by atoms with van der Waals surface area (Å²) < 4.78 is 9.38. The molecule has 0 fully saturated rings. The van der Waals surface area contributed by atoms with Gasteiger partial charge in [0.2, 0.25) is 0 Å². The minimum atomic E-state index is -0.870. The van der Waals surface area contributed by atoms with Gasteiger partial charge >= 0.3 is 23.9 Å². The maximum Gasteiger partial charge on any atom is 0.331 e. The van der Waals surface area contributed by atoms with Crippen LogP contribution in [0.15, 0.2) is 25.3 Å². The van der Waals surface area contributed by atoms with Crippen molar-refractivity contribution in [3.63, 3.8) is 0 Å². The fourth-order valence-electron chi connectivity index (χ4n) is 1.21. The third kappa shape index (κ3) is 17.3. The van der Waals surface area contributed by atoms with Gasteiger partial charge in [0, 0.05) is 25.0 Å². The Morgan fingerprint density at radius 1 is 1.09 bits per heavy atom. The van der Waals surface area contributed by atoms with Gasteiger partial charge < -0.3 is 19.7 Å². The van der Waals surface area contributed by atoms with Gasteiger partial charge in [0.15, 0.2) is 0 Å². The summed E-state index contributed by atoms with van der Waals surface area (Å²) in [6.07, 6.45) is 2.76. The van der Waals surface area contributed by atoms with E-state index in [1.54, 1.807) is 6.92 Å². The Morgan fingerprint density at radius 2 is 1.52 bits per heavy atom. The molecule has 130 valence electrons. The van der Waals surface area contributed by atoms with Crippen LogP contribution in [0.2, 0.25) is 0 Å². The molecular weight excluding hydrogens is 308 g/mol. The SMILES string of the molecule is C=C.CC1COC(=O)/C=C\C(=O)O1.O=C(O)CCCCC(=O)O. The molecule has 0 amide bonds. The predicted molar refractivity (Wildman–Crippen MR) is 80.6 cm³/mol. The third-order valence-electron chi connectivity index (χ3n) is 2.16. The van der Waals surface area contributed by atoms with Crippen molar-refractivity contribution in [3.8, 4) is 0 Å². The van der Waals surface area contributed by atoms with E-state index in [9.17, 15) is 19.2 Å². The van der Waals surface area contributed by atoms with Crippen molar-refractivity contribution in [3.05, 3.63) is 25.3 Å².